The Balaban J connectivity index is 2.36. The van der Waals surface area contributed by atoms with Crippen molar-refractivity contribution in [2.45, 2.75) is 26.7 Å². The molecule has 1 heterocycles. The summed E-state index contributed by atoms with van der Waals surface area (Å²) < 4.78 is 0. The first-order valence-electron chi connectivity index (χ1n) is 5.49. The van der Waals surface area contributed by atoms with E-state index in [1.165, 1.54) is 12.2 Å². The number of carbonyl (C=O) groups excluding carboxylic acids is 4. The van der Waals surface area contributed by atoms with Crippen LogP contribution in [0.3, 0.4) is 0 Å². The lowest BCUT2D eigenvalue weighted by Gasteiger charge is -2.12. The molecule has 0 bridgehead atoms. The van der Waals surface area contributed by atoms with Crippen molar-refractivity contribution in [2.24, 2.45) is 5.92 Å². The van der Waals surface area contributed by atoms with Gasteiger partial charge in [-0.2, -0.15) is 0 Å². The van der Waals surface area contributed by atoms with E-state index in [0.717, 1.165) is 4.90 Å². The number of rotatable bonds is 6. The molecule has 0 radical (unpaired) electrons. The molecule has 0 N–H and O–H groups in total. The fraction of sp³-hybridized carbons (Fsp3) is 0.500. The summed E-state index contributed by atoms with van der Waals surface area (Å²) in [6.07, 6.45) is 2.26. The van der Waals surface area contributed by atoms with Crippen LogP contribution in [0.5, 0.6) is 0 Å². The molecule has 5 nitrogen and oxygen atoms in total. The molecule has 1 rings (SSSR count). The third-order valence-corrected chi connectivity index (χ3v) is 2.53. The van der Waals surface area contributed by atoms with Crippen molar-refractivity contribution in [2.75, 3.05) is 6.54 Å². The fourth-order valence-corrected chi connectivity index (χ4v) is 1.37. The highest BCUT2D eigenvalue weighted by Crippen LogP contribution is 2.06. The van der Waals surface area contributed by atoms with Crippen molar-refractivity contribution < 1.29 is 19.2 Å². The number of amides is 2. The number of hydrogen-bond acceptors (Lipinski definition) is 4. The normalized spacial score (nSPS) is 14.9. The van der Waals surface area contributed by atoms with Crippen LogP contribution in [0.4, 0.5) is 0 Å². The van der Waals surface area contributed by atoms with Crippen LogP contribution >= 0.6 is 0 Å². The van der Waals surface area contributed by atoms with Gasteiger partial charge < -0.3 is 0 Å². The van der Waals surface area contributed by atoms with E-state index in [2.05, 4.69) is 0 Å². The van der Waals surface area contributed by atoms with Crippen molar-refractivity contribution in [3.05, 3.63) is 12.2 Å². The number of imide groups is 1. The van der Waals surface area contributed by atoms with Gasteiger partial charge in [0.15, 0.2) is 0 Å². The van der Waals surface area contributed by atoms with E-state index in [1.54, 1.807) is 13.8 Å². The zero-order valence-corrected chi connectivity index (χ0v) is 9.93. The number of Topliss-reactive ketones (excluding diaryl/α,β-unsaturated/α-hetero) is 2. The first kappa shape index (κ1) is 13.3. The molecule has 1 aliphatic rings. The van der Waals surface area contributed by atoms with E-state index >= 15 is 0 Å². The van der Waals surface area contributed by atoms with Crippen LogP contribution in [-0.4, -0.2) is 34.8 Å². The lowest BCUT2D eigenvalue weighted by Crippen LogP contribution is -2.32. The van der Waals surface area contributed by atoms with Gasteiger partial charge in [-0.05, 0) is 0 Å². The Labute approximate surface area is 99.5 Å². The molecule has 0 aliphatic carbocycles. The molecule has 0 atom stereocenters. The van der Waals surface area contributed by atoms with Crippen molar-refractivity contribution in [3.8, 4) is 0 Å². The molecular weight excluding hydrogens is 222 g/mol. The van der Waals surface area contributed by atoms with Crippen LogP contribution in [0.1, 0.15) is 26.7 Å². The molecular formula is C12H15NO4. The van der Waals surface area contributed by atoms with Gasteiger partial charge in [0.05, 0.1) is 6.42 Å². The Bertz CT molecular complexity index is 377. The first-order valence-corrected chi connectivity index (χ1v) is 5.49. The molecule has 0 spiro atoms. The second-order valence-electron chi connectivity index (χ2n) is 4.25. The maximum Gasteiger partial charge on any atom is 0.253 e. The van der Waals surface area contributed by atoms with Crippen LogP contribution in [0.15, 0.2) is 12.2 Å². The second-order valence-corrected chi connectivity index (χ2v) is 4.25. The average Bonchev–Trinajstić information content (AvgIpc) is 2.56. The Morgan fingerprint density at radius 1 is 1.18 bits per heavy atom. The second kappa shape index (κ2) is 5.52. The third-order valence-electron chi connectivity index (χ3n) is 2.53. The van der Waals surface area contributed by atoms with Crippen LogP contribution in [-0.2, 0) is 19.2 Å². The van der Waals surface area contributed by atoms with E-state index in [1.807, 2.05) is 0 Å². The zero-order chi connectivity index (χ0) is 13.0. The van der Waals surface area contributed by atoms with Gasteiger partial charge in [0.1, 0.15) is 11.6 Å². The van der Waals surface area contributed by atoms with Gasteiger partial charge in [0, 0.05) is 31.0 Å². The molecule has 17 heavy (non-hydrogen) atoms. The van der Waals surface area contributed by atoms with Crippen molar-refractivity contribution in [1.29, 1.82) is 0 Å². The SMILES string of the molecule is CC(C)C(=O)CC(=O)CCN1C(=O)C=CC1=O. The zero-order valence-electron chi connectivity index (χ0n) is 9.93. The highest BCUT2D eigenvalue weighted by Gasteiger charge is 2.24. The molecule has 0 aromatic carbocycles. The molecule has 1 aliphatic heterocycles. The van der Waals surface area contributed by atoms with Gasteiger partial charge in [-0.15, -0.1) is 0 Å². The smallest absolute Gasteiger partial charge is 0.253 e. The highest BCUT2D eigenvalue weighted by molar-refractivity contribution is 6.13. The number of carbonyl (C=O) groups is 4. The van der Waals surface area contributed by atoms with Gasteiger partial charge in [0.2, 0.25) is 0 Å². The van der Waals surface area contributed by atoms with E-state index < -0.39 is 11.8 Å². The monoisotopic (exact) mass is 237 g/mol. The first-order chi connectivity index (χ1) is 7.91. The molecule has 92 valence electrons. The summed E-state index contributed by atoms with van der Waals surface area (Å²) in [5.41, 5.74) is 0. The van der Waals surface area contributed by atoms with Gasteiger partial charge in [-0.25, -0.2) is 0 Å². The van der Waals surface area contributed by atoms with Crippen molar-refractivity contribution in [3.63, 3.8) is 0 Å². The summed E-state index contributed by atoms with van der Waals surface area (Å²) in [6, 6.07) is 0. The van der Waals surface area contributed by atoms with Crippen LogP contribution in [0.2, 0.25) is 0 Å². The minimum absolute atomic E-state index is 0.0393. The average molecular weight is 237 g/mol. The quantitative estimate of drug-likeness (QED) is 0.497. The third kappa shape index (κ3) is 3.62. The lowest BCUT2D eigenvalue weighted by molar-refractivity contribution is -0.137. The molecule has 5 heteroatoms. The number of ketones is 2. The number of hydrogen-bond donors (Lipinski definition) is 0. The van der Waals surface area contributed by atoms with E-state index in [4.69, 9.17) is 0 Å². The molecule has 0 unspecified atom stereocenters. The summed E-state index contributed by atoms with van der Waals surface area (Å²) in [4.78, 5) is 46.1. The van der Waals surface area contributed by atoms with Gasteiger partial charge in [-0.1, -0.05) is 13.8 Å². The minimum Gasteiger partial charge on any atom is -0.299 e. The molecule has 0 aromatic rings. The molecule has 0 aromatic heterocycles. The number of nitrogens with zero attached hydrogens (tertiary/aromatic N) is 1. The molecule has 0 saturated carbocycles. The van der Waals surface area contributed by atoms with Gasteiger partial charge in [-0.3, -0.25) is 24.1 Å². The largest absolute Gasteiger partial charge is 0.299 e. The summed E-state index contributed by atoms with van der Waals surface area (Å²) in [7, 11) is 0. The van der Waals surface area contributed by atoms with Crippen molar-refractivity contribution >= 4 is 23.4 Å². The summed E-state index contributed by atoms with van der Waals surface area (Å²) in [5, 5.41) is 0. The molecule has 0 saturated heterocycles. The van der Waals surface area contributed by atoms with Crippen LogP contribution < -0.4 is 0 Å². The lowest BCUT2D eigenvalue weighted by atomic mass is 10.0. The van der Waals surface area contributed by atoms with Gasteiger partial charge in [0.25, 0.3) is 11.8 Å². The Morgan fingerprint density at radius 3 is 2.18 bits per heavy atom. The van der Waals surface area contributed by atoms with Gasteiger partial charge >= 0.3 is 0 Å². The van der Waals surface area contributed by atoms with E-state index in [9.17, 15) is 19.2 Å². The topological polar surface area (TPSA) is 71.5 Å². The Kier molecular flexibility index (Phi) is 4.31. The maximum atomic E-state index is 11.4. The Hall–Kier alpha value is -1.78. The van der Waals surface area contributed by atoms with Crippen molar-refractivity contribution in [1.82, 2.24) is 4.90 Å². The van der Waals surface area contributed by atoms with E-state index in [-0.39, 0.29) is 36.9 Å². The Morgan fingerprint density at radius 2 is 1.71 bits per heavy atom. The van der Waals surface area contributed by atoms with Crippen LogP contribution in [0, 0.1) is 5.92 Å². The summed E-state index contributed by atoms with van der Waals surface area (Å²) in [5.74, 6) is -1.34. The van der Waals surface area contributed by atoms with Crippen LogP contribution in [0.25, 0.3) is 0 Å². The highest BCUT2D eigenvalue weighted by atomic mass is 16.2. The molecule has 2 amide bonds. The summed E-state index contributed by atoms with van der Waals surface area (Å²) in [6.45, 7) is 3.51. The fourth-order valence-electron chi connectivity index (χ4n) is 1.37. The predicted molar refractivity (Wildman–Crippen MR) is 59.9 cm³/mol. The minimum atomic E-state index is -0.405. The van der Waals surface area contributed by atoms with E-state index in [0.29, 0.717) is 0 Å². The standard InChI is InChI=1S/C12H15NO4/c1-8(2)10(15)7-9(14)5-6-13-11(16)3-4-12(13)17/h3-4,8H,5-7H2,1-2H3. The predicted octanol–water partition coefficient (Wildman–Crippen LogP) is 0.486. The molecule has 0 fully saturated rings. The summed E-state index contributed by atoms with van der Waals surface area (Å²) >= 11 is 0. The maximum absolute atomic E-state index is 11.4.